The number of hydrogen-bond acceptors (Lipinski definition) is 2. The lowest BCUT2D eigenvalue weighted by molar-refractivity contribution is 0.606. The van der Waals surface area contributed by atoms with E-state index < -0.39 is 0 Å². The maximum Gasteiger partial charge on any atom is 0.156 e. The zero-order chi connectivity index (χ0) is 11.8. The summed E-state index contributed by atoms with van der Waals surface area (Å²) in [5.41, 5.74) is 0.819. The molecule has 0 radical (unpaired) electrons. The minimum Gasteiger partial charge on any atom is -0.223 e. The first-order valence-corrected chi connectivity index (χ1v) is 5.31. The number of halogens is 1. The van der Waals surface area contributed by atoms with Gasteiger partial charge in [0.1, 0.15) is 4.61 Å². The van der Waals surface area contributed by atoms with Crippen LogP contribution in [0.4, 0.5) is 0 Å². The number of hydrazone groups is 1. The van der Waals surface area contributed by atoms with E-state index in [0.717, 1.165) is 10.2 Å². The number of hydrogen-bond donors (Lipinski definition) is 0. The molecule has 0 atom stereocenters. The van der Waals surface area contributed by atoms with Gasteiger partial charge in [0.2, 0.25) is 0 Å². The molecule has 0 aromatic rings. The van der Waals surface area contributed by atoms with Crippen molar-refractivity contribution in [1.29, 1.82) is 0 Å². The largest absolute Gasteiger partial charge is 0.223 e. The van der Waals surface area contributed by atoms with Gasteiger partial charge in [0, 0.05) is 12.9 Å². The molecule has 0 unspecified atom stereocenters. The van der Waals surface area contributed by atoms with E-state index in [0.29, 0.717) is 5.84 Å². The summed E-state index contributed by atoms with van der Waals surface area (Å²) in [6, 6.07) is 0. The van der Waals surface area contributed by atoms with E-state index in [-0.39, 0.29) is 0 Å². The standard InChI is InChI=1S/C11H16BrN3/c1-6-8-15(13-5)11(9(3)4)14-10(12)7-2/h6-8H,3,5H2,1-2,4H3/b8-6-,10-7-,14-11?. The lowest BCUT2D eigenvalue weighted by atomic mass is 10.3. The van der Waals surface area contributed by atoms with Crippen molar-refractivity contribution in [1.82, 2.24) is 5.01 Å². The van der Waals surface area contributed by atoms with E-state index in [1.165, 1.54) is 0 Å². The molecule has 4 heteroatoms. The second kappa shape index (κ2) is 7.17. The minimum absolute atomic E-state index is 0.660. The topological polar surface area (TPSA) is 28.0 Å². The van der Waals surface area contributed by atoms with E-state index in [1.54, 1.807) is 11.2 Å². The number of amidine groups is 1. The van der Waals surface area contributed by atoms with Crippen LogP contribution in [-0.2, 0) is 0 Å². The molecule has 0 saturated heterocycles. The molecule has 15 heavy (non-hydrogen) atoms. The average molecular weight is 270 g/mol. The Labute approximate surface area is 99.7 Å². The van der Waals surface area contributed by atoms with Crippen LogP contribution < -0.4 is 0 Å². The van der Waals surface area contributed by atoms with Crippen molar-refractivity contribution in [3.05, 3.63) is 35.1 Å². The van der Waals surface area contributed by atoms with Crippen LogP contribution in [0.1, 0.15) is 20.8 Å². The molecule has 0 bridgehead atoms. The summed E-state index contributed by atoms with van der Waals surface area (Å²) in [6.07, 6.45) is 5.48. The third-order valence-electron chi connectivity index (χ3n) is 1.49. The summed E-state index contributed by atoms with van der Waals surface area (Å²) in [4.78, 5) is 4.32. The fraction of sp³-hybridized carbons (Fsp3) is 0.273. The Morgan fingerprint density at radius 3 is 2.33 bits per heavy atom. The molecule has 0 N–H and O–H groups in total. The molecule has 0 heterocycles. The summed E-state index contributed by atoms with van der Waals surface area (Å²) in [7, 11) is 0. The van der Waals surface area contributed by atoms with Crippen molar-refractivity contribution in [2.75, 3.05) is 0 Å². The van der Waals surface area contributed by atoms with Crippen molar-refractivity contribution >= 4 is 28.5 Å². The van der Waals surface area contributed by atoms with E-state index in [1.807, 2.05) is 32.9 Å². The van der Waals surface area contributed by atoms with Gasteiger partial charge in [0.15, 0.2) is 5.84 Å². The number of nitrogens with zero attached hydrogens (tertiary/aromatic N) is 3. The Kier molecular flexibility index (Phi) is 6.62. The Hall–Kier alpha value is -1.16. The fourth-order valence-electron chi connectivity index (χ4n) is 0.834. The van der Waals surface area contributed by atoms with Gasteiger partial charge in [-0.3, -0.25) is 0 Å². The first-order chi connectivity index (χ1) is 7.06. The van der Waals surface area contributed by atoms with Crippen molar-refractivity contribution < 1.29 is 0 Å². The molecule has 0 aliphatic rings. The molecule has 3 nitrogen and oxygen atoms in total. The van der Waals surface area contributed by atoms with E-state index >= 15 is 0 Å². The first kappa shape index (κ1) is 13.8. The molecular weight excluding hydrogens is 254 g/mol. The molecule has 0 aromatic heterocycles. The summed E-state index contributed by atoms with van der Waals surface area (Å²) in [5.74, 6) is 0.660. The van der Waals surface area contributed by atoms with Crippen LogP contribution in [0.15, 0.2) is 45.2 Å². The van der Waals surface area contributed by atoms with Crippen LogP contribution in [0.3, 0.4) is 0 Å². The molecule has 0 spiro atoms. The lowest BCUT2D eigenvalue weighted by Crippen LogP contribution is -2.20. The highest BCUT2D eigenvalue weighted by Crippen LogP contribution is 2.12. The second-order valence-electron chi connectivity index (χ2n) is 2.80. The molecule has 0 rings (SSSR count). The van der Waals surface area contributed by atoms with E-state index in [9.17, 15) is 0 Å². The Balaban J connectivity index is 5.20. The van der Waals surface area contributed by atoms with Gasteiger partial charge in [-0.25, -0.2) is 10.0 Å². The van der Waals surface area contributed by atoms with E-state index in [2.05, 4.69) is 39.3 Å². The van der Waals surface area contributed by atoms with Gasteiger partial charge in [-0.1, -0.05) is 18.7 Å². The maximum atomic E-state index is 4.32. The van der Waals surface area contributed by atoms with Crippen molar-refractivity contribution in [3.8, 4) is 0 Å². The van der Waals surface area contributed by atoms with Gasteiger partial charge >= 0.3 is 0 Å². The quantitative estimate of drug-likeness (QED) is 0.331. The zero-order valence-electron chi connectivity index (χ0n) is 9.37. The molecule has 0 fully saturated rings. The second-order valence-corrected chi connectivity index (χ2v) is 3.61. The Bertz CT molecular complexity index is 327. The zero-order valence-corrected chi connectivity index (χ0v) is 11.0. The fourth-order valence-corrected chi connectivity index (χ4v) is 1.00. The van der Waals surface area contributed by atoms with Crippen LogP contribution in [0.5, 0.6) is 0 Å². The van der Waals surface area contributed by atoms with Crippen molar-refractivity contribution in [2.45, 2.75) is 20.8 Å². The third kappa shape index (κ3) is 4.74. The highest BCUT2D eigenvalue weighted by molar-refractivity contribution is 9.11. The van der Waals surface area contributed by atoms with Gasteiger partial charge < -0.3 is 0 Å². The SMILES string of the molecule is C=NN(/C=C\C)C(=N/C(Br)=C\C)C(=C)C. The normalized spacial score (nSPS) is 13.1. The highest BCUT2D eigenvalue weighted by atomic mass is 79.9. The van der Waals surface area contributed by atoms with Crippen LogP contribution >= 0.6 is 15.9 Å². The number of rotatable bonds is 4. The average Bonchev–Trinajstić information content (AvgIpc) is 2.22. The monoisotopic (exact) mass is 269 g/mol. The first-order valence-electron chi connectivity index (χ1n) is 4.51. The molecule has 0 amide bonds. The van der Waals surface area contributed by atoms with Crippen LogP contribution in [0.25, 0.3) is 0 Å². The van der Waals surface area contributed by atoms with Crippen LogP contribution in [-0.4, -0.2) is 17.6 Å². The predicted octanol–water partition coefficient (Wildman–Crippen LogP) is 3.67. The summed E-state index contributed by atoms with van der Waals surface area (Å²) in [5, 5.41) is 5.42. The van der Waals surface area contributed by atoms with Gasteiger partial charge in [-0.05, 0) is 42.3 Å². The van der Waals surface area contributed by atoms with Gasteiger partial charge in [0.05, 0.1) is 0 Å². The van der Waals surface area contributed by atoms with Crippen LogP contribution in [0, 0.1) is 0 Å². The molecule has 82 valence electrons. The molecule has 0 aliphatic carbocycles. The molecular formula is C11H16BrN3. The molecule has 0 aromatic carbocycles. The van der Waals surface area contributed by atoms with Gasteiger partial charge in [-0.2, -0.15) is 5.10 Å². The summed E-state index contributed by atoms with van der Waals surface area (Å²) < 4.78 is 0.735. The molecule has 0 aliphatic heterocycles. The lowest BCUT2D eigenvalue weighted by Gasteiger charge is -2.15. The van der Waals surface area contributed by atoms with Gasteiger partial charge in [-0.15, -0.1) is 0 Å². The third-order valence-corrected chi connectivity index (χ3v) is 2.13. The number of allylic oxidation sites excluding steroid dienone is 2. The van der Waals surface area contributed by atoms with Crippen molar-refractivity contribution in [3.63, 3.8) is 0 Å². The Morgan fingerprint density at radius 2 is 2.00 bits per heavy atom. The molecule has 0 saturated carbocycles. The summed E-state index contributed by atoms with van der Waals surface area (Å²) in [6.45, 7) is 13.0. The van der Waals surface area contributed by atoms with Crippen LogP contribution in [0.2, 0.25) is 0 Å². The minimum atomic E-state index is 0.660. The highest BCUT2D eigenvalue weighted by Gasteiger charge is 2.07. The summed E-state index contributed by atoms with van der Waals surface area (Å²) >= 11 is 3.31. The smallest absolute Gasteiger partial charge is 0.156 e. The van der Waals surface area contributed by atoms with Crippen molar-refractivity contribution in [2.24, 2.45) is 10.1 Å². The van der Waals surface area contributed by atoms with Gasteiger partial charge in [0.25, 0.3) is 0 Å². The predicted molar refractivity (Wildman–Crippen MR) is 71.1 cm³/mol. The Morgan fingerprint density at radius 1 is 1.40 bits per heavy atom. The maximum absolute atomic E-state index is 4.32. The number of aliphatic imine (C=N–C) groups is 1. The van der Waals surface area contributed by atoms with E-state index in [4.69, 9.17) is 0 Å².